The molecule has 0 radical (unpaired) electrons. The molecule has 1 rings (SSSR count). The first-order valence-corrected chi connectivity index (χ1v) is 4.36. The summed E-state index contributed by atoms with van der Waals surface area (Å²) in [6.45, 7) is 3.55. The van der Waals surface area contributed by atoms with E-state index < -0.39 is 11.8 Å². The van der Waals surface area contributed by atoms with Crippen molar-refractivity contribution in [2.24, 2.45) is 5.92 Å². The van der Waals surface area contributed by atoms with Crippen molar-refractivity contribution in [3.05, 3.63) is 0 Å². The van der Waals surface area contributed by atoms with Gasteiger partial charge in [0, 0.05) is 0 Å². The third-order valence-electron chi connectivity index (χ3n) is 2.61. The quantitative estimate of drug-likeness (QED) is 0.624. The molecule has 2 atom stereocenters. The van der Waals surface area contributed by atoms with Crippen LogP contribution in [0.4, 0.5) is 4.39 Å². The summed E-state index contributed by atoms with van der Waals surface area (Å²) in [7, 11) is 0. The summed E-state index contributed by atoms with van der Waals surface area (Å²) < 4.78 is 12.9. The SMILES string of the molecule is CC(C)(O)C1CCCC(F)C1. The first-order valence-electron chi connectivity index (χ1n) is 4.36. The first-order chi connectivity index (χ1) is 5.00. The van der Waals surface area contributed by atoms with Crippen molar-refractivity contribution in [1.29, 1.82) is 0 Å². The molecule has 1 N–H and O–H groups in total. The molecule has 0 saturated heterocycles. The minimum absolute atomic E-state index is 0.159. The number of aliphatic hydroxyl groups is 1. The lowest BCUT2D eigenvalue weighted by atomic mass is 9.78. The maximum Gasteiger partial charge on any atom is 0.100 e. The number of alkyl halides is 1. The number of hydrogen-bond donors (Lipinski definition) is 1. The molecule has 1 nitrogen and oxygen atoms in total. The number of rotatable bonds is 1. The molecule has 0 heterocycles. The van der Waals surface area contributed by atoms with Gasteiger partial charge in [-0.1, -0.05) is 6.42 Å². The maximum absolute atomic E-state index is 12.9. The van der Waals surface area contributed by atoms with E-state index in [1.165, 1.54) is 0 Å². The molecule has 1 saturated carbocycles. The predicted molar refractivity (Wildman–Crippen MR) is 43.2 cm³/mol. The van der Waals surface area contributed by atoms with Gasteiger partial charge in [0.2, 0.25) is 0 Å². The Bertz CT molecular complexity index is 128. The topological polar surface area (TPSA) is 20.2 Å². The average Bonchev–Trinajstić information content (AvgIpc) is 1.86. The molecule has 0 aromatic heterocycles. The van der Waals surface area contributed by atoms with Crippen LogP contribution in [0.3, 0.4) is 0 Å². The van der Waals surface area contributed by atoms with E-state index in [4.69, 9.17) is 0 Å². The average molecular weight is 160 g/mol. The molecule has 11 heavy (non-hydrogen) atoms. The largest absolute Gasteiger partial charge is 0.390 e. The Kier molecular flexibility index (Phi) is 2.53. The molecule has 1 aliphatic rings. The van der Waals surface area contributed by atoms with E-state index in [1.807, 2.05) is 0 Å². The zero-order valence-corrected chi connectivity index (χ0v) is 7.31. The molecule has 1 aliphatic carbocycles. The lowest BCUT2D eigenvalue weighted by Gasteiger charge is -2.33. The summed E-state index contributed by atoms with van der Waals surface area (Å²) in [5.41, 5.74) is -0.690. The minimum atomic E-state index is -0.690. The standard InChI is InChI=1S/C9H17FO/c1-9(2,11)7-4-3-5-8(10)6-7/h7-8,11H,3-6H2,1-2H3. The van der Waals surface area contributed by atoms with Crippen LogP contribution in [-0.4, -0.2) is 16.9 Å². The Labute approximate surface area is 67.6 Å². The molecular formula is C9H17FO. The zero-order chi connectivity index (χ0) is 8.48. The van der Waals surface area contributed by atoms with Crippen molar-refractivity contribution < 1.29 is 9.50 Å². The van der Waals surface area contributed by atoms with E-state index >= 15 is 0 Å². The van der Waals surface area contributed by atoms with Crippen molar-refractivity contribution in [1.82, 2.24) is 0 Å². The second-order valence-electron chi connectivity index (χ2n) is 4.11. The summed E-state index contributed by atoms with van der Waals surface area (Å²) in [6.07, 6.45) is 2.45. The number of halogens is 1. The first kappa shape index (κ1) is 8.98. The van der Waals surface area contributed by atoms with Gasteiger partial charge in [-0.2, -0.15) is 0 Å². The number of hydrogen-bond acceptors (Lipinski definition) is 1. The van der Waals surface area contributed by atoms with E-state index in [2.05, 4.69) is 0 Å². The molecule has 0 aliphatic heterocycles. The molecule has 1 fully saturated rings. The zero-order valence-electron chi connectivity index (χ0n) is 7.31. The highest BCUT2D eigenvalue weighted by Gasteiger charge is 2.31. The molecule has 2 heteroatoms. The summed E-state index contributed by atoms with van der Waals surface area (Å²) in [5, 5.41) is 9.59. The van der Waals surface area contributed by atoms with Crippen LogP contribution in [0.2, 0.25) is 0 Å². The van der Waals surface area contributed by atoms with Crippen LogP contribution in [0.5, 0.6) is 0 Å². The third kappa shape index (κ3) is 2.44. The molecule has 2 unspecified atom stereocenters. The van der Waals surface area contributed by atoms with Gasteiger partial charge in [0.15, 0.2) is 0 Å². The lowest BCUT2D eigenvalue weighted by molar-refractivity contribution is -0.0139. The molecule has 0 bridgehead atoms. The Morgan fingerprint density at radius 3 is 2.36 bits per heavy atom. The van der Waals surface area contributed by atoms with Gasteiger partial charge in [0.25, 0.3) is 0 Å². The summed E-state index contributed by atoms with van der Waals surface area (Å²) in [4.78, 5) is 0. The van der Waals surface area contributed by atoms with Crippen LogP contribution in [0, 0.1) is 5.92 Å². The van der Waals surface area contributed by atoms with Crippen LogP contribution in [0.25, 0.3) is 0 Å². The normalized spacial score (nSPS) is 33.8. The van der Waals surface area contributed by atoms with Crippen molar-refractivity contribution in [2.75, 3.05) is 0 Å². The maximum atomic E-state index is 12.9. The van der Waals surface area contributed by atoms with Gasteiger partial charge in [0.1, 0.15) is 6.17 Å². The Morgan fingerprint density at radius 1 is 1.36 bits per heavy atom. The van der Waals surface area contributed by atoms with E-state index in [-0.39, 0.29) is 5.92 Å². The molecule has 0 aromatic rings. The highest BCUT2D eigenvalue weighted by molar-refractivity contribution is 4.83. The molecule has 0 amide bonds. The van der Waals surface area contributed by atoms with Gasteiger partial charge in [0.05, 0.1) is 5.60 Å². The van der Waals surface area contributed by atoms with Crippen LogP contribution in [-0.2, 0) is 0 Å². The van der Waals surface area contributed by atoms with Gasteiger partial charge in [-0.15, -0.1) is 0 Å². The summed E-state index contributed by atoms with van der Waals surface area (Å²) in [6, 6.07) is 0. The predicted octanol–water partition coefficient (Wildman–Crippen LogP) is 2.29. The van der Waals surface area contributed by atoms with Crippen LogP contribution < -0.4 is 0 Å². The van der Waals surface area contributed by atoms with E-state index in [0.717, 1.165) is 12.8 Å². The van der Waals surface area contributed by atoms with Crippen molar-refractivity contribution in [2.45, 2.75) is 51.3 Å². The highest BCUT2D eigenvalue weighted by atomic mass is 19.1. The summed E-state index contributed by atoms with van der Waals surface area (Å²) >= 11 is 0. The third-order valence-corrected chi connectivity index (χ3v) is 2.61. The van der Waals surface area contributed by atoms with E-state index in [0.29, 0.717) is 12.8 Å². The van der Waals surface area contributed by atoms with Crippen LogP contribution >= 0.6 is 0 Å². The van der Waals surface area contributed by atoms with Crippen molar-refractivity contribution >= 4 is 0 Å². The second kappa shape index (κ2) is 3.10. The van der Waals surface area contributed by atoms with Gasteiger partial charge in [-0.3, -0.25) is 0 Å². The van der Waals surface area contributed by atoms with Gasteiger partial charge in [-0.25, -0.2) is 4.39 Å². The van der Waals surface area contributed by atoms with Gasteiger partial charge >= 0.3 is 0 Å². The van der Waals surface area contributed by atoms with E-state index in [1.54, 1.807) is 13.8 Å². The van der Waals surface area contributed by atoms with Gasteiger partial charge in [-0.05, 0) is 39.0 Å². The highest BCUT2D eigenvalue weighted by Crippen LogP contribution is 2.33. The molecule has 0 aromatic carbocycles. The summed E-state index contributed by atoms with van der Waals surface area (Å²) in [5.74, 6) is 0.159. The van der Waals surface area contributed by atoms with E-state index in [9.17, 15) is 9.50 Å². The molecule has 66 valence electrons. The molecular weight excluding hydrogens is 143 g/mol. The fourth-order valence-corrected chi connectivity index (χ4v) is 1.77. The minimum Gasteiger partial charge on any atom is -0.390 e. The monoisotopic (exact) mass is 160 g/mol. The Hall–Kier alpha value is -0.110. The van der Waals surface area contributed by atoms with Crippen LogP contribution in [0.15, 0.2) is 0 Å². The van der Waals surface area contributed by atoms with Gasteiger partial charge < -0.3 is 5.11 Å². The molecule has 0 spiro atoms. The smallest absolute Gasteiger partial charge is 0.100 e. The van der Waals surface area contributed by atoms with Crippen molar-refractivity contribution in [3.63, 3.8) is 0 Å². The fourth-order valence-electron chi connectivity index (χ4n) is 1.77. The lowest BCUT2D eigenvalue weighted by Crippen LogP contribution is -2.35. The van der Waals surface area contributed by atoms with Crippen molar-refractivity contribution in [3.8, 4) is 0 Å². The fraction of sp³-hybridized carbons (Fsp3) is 1.00. The Balaban J connectivity index is 2.46. The second-order valence-corrected chi connectivity index (χ2v) is 4.11. The Morgan fingerprint density at radius 2 is 2.00 bits per heavy atom. The van der Waals surface area contributed by atoms with Crippen LogP contribution in [0.1, 0.15) is 39.5 Å².